The molecule has 0 saturated carbocycles. The Balaban J connectivity index is 1.70. The smallest absolute Gasteiger partial charge is 0.421 e. The molecule has 2 atom stereocenters. The third-order valence-electron chi connectivity index (χ3n) is 5.45. The molecule has 2 aliphatic heterocycles. The van der Waals surface area contributed by atoms with Crippen molar-refractivity contribution in [2.45, 2.75) is 44.6 Å². The van der Waals surface area contributed by atoms with Crippen molar-refractivity contribution in [1.29, 1.82) is 0 Å². The van der Waals surface area contributed by atoms with Gasteiger partial charge >= 0.3 is 18.2 Å². The van der Waals surface area contributed by atoms with Crippen LogP contribution in [0, 0.1) is 0 Å². The Kier molecular flexibility index (Phi) is 5.35. The Morgan fingerprint density at radius 2 is 1.61 bits per heavy atom. The zero-order valence-electron chi connectivity index (χ0n) is 18.7. The van der Waals surface area contributed by atoms with E-state index >= 15 is 0 Å². The van der Waals surface area contributed by atoms with Crippen molar-refractivity contribution >= 4 is 29.8 Å². The summed E-state index contributed by atoms with van der Waals surface area (Å²) in [6.45, 7) is 4.98. The van der Waals surface area contributed by atoms with E-state index in [1.807, 2.05) is 6.07 Å². The number of hydrogen-bond acceptors (Lipinski definition) is 7. The van der Waals surface area contributed by atoms with Gasteiger partial charge in [0.05, 0.1) is 12.8 Å². The van der Waals surface area contributed by atoms with E-state index in [0.717, 1.165) is 15.4 Å². The molecule has 1 saturated heterocycles. The van der Waals surface area contributed by atoms with Gasteiger partial charge in [0.25, 0.3) is 5.91 Å². The normalized spacial score (nSPS) is 21.0. The van der Waals surface area contributed by atoms with Gasteiger partial charge < -0.3 is 14.2 Å². The number of ether oxygens (including phenoxy) is 3. The quantitative estimate of drug-likeness (QED) is 0.400. The van der Waals surface area contributed by atoms with Crippen LogP contribution in [0.1, 0.15) is 31.9 Å². The molecule has 2 heterocycles. The third kappa shape index (κ3) is 3.59. The van der Waals surface area contributed by atoms with Gasteiger partial charge in [0.1, 0.15) is 12.2 Å². The maximum atomic E-state index is 13.7. The highest BCUT2D eigenvalue weighted by Gasteiger charge is 2.80. The number of carbonyl (C=O) groups excluding carboxylic acids is 4. The summed E-state index contributed by atoms with van der Waals surface area (Å²) >= 11 is 0. The number of amides is 3. The average molecular weight is 452 g/mol. The third-order valence-corrected chi connectivity index (χ3v) is 5.45. The second-order valence-electron chi connectivity index (χ2n) is 8.74. The van der Waals surface area contributed by atoms with E-state index in [0.29, 0.717) is 5.56 Å². The number of para-hydroxylation sites is 1. The molecule has 1 fully saturated rings. The second-order valence-corrected chi connectivity index (χ2v) is 8.74. The van der Waals surface area contributed by atoms with Crippen molar-refractivity contribution in [3.8, 4) is 0 Å². The van der Waals surface area contributed by atoms with Crippen molar-refractivity contribution in [3.63, 3.8) is 0 Å². The number of fused-ring (bicyclic) bond motifs is 2. The van der Waals surface area contributed by atoms with Crippen molar-refractivity contribution < 1.29 is 33.4 Å². The first-order valence-electron chi connectivity index (χ1n) is 10.4. The highest BCUT2D eigenvalue weighted by Crippen LogP contribution is 2.59. The Hall–Kier alpha value is -3.88. The number of hydrogen-bond donors (Lipinski definition) is 0. The highest BCUT2D eigenvalue weighted by molar-refractivity contribution is 6.25. The summed E-state index contributed by atoms with van der Waals surface area (Å²) < 4.78 is 15.7. The molecule has 172 valence electrons. The van der Waals surface area contributed by atoms with Gasteiger partial charge in [-0.2, -0.15) is 0 Å². The van der Waals surface area contributed by atoms with Gasteiger partial charge in [-0.05, 0) is 32.4 Å². The molecular weight excluding hydrogens is 428 g/mol. The van der Waals surface area contributed by atoms with E-state index < -0.39 is 41.2 Å². The van der Waals surface area contributed by atoms with E-state index in [1.165, 1.54) is 7.11 Å². The Bertz CT molecular complexity index is 1130. The van der Waals surface area contributed by atoms with Crippen LogP contribution in [-0.2, 0) is 35.9 Å². The molecule has 0 N–H and O–H groups in total. The lowest BCUT2D eigenvalue weighted by Crippen LogP contribution is -2.43. The van der Waals surface area contributed by atoms with E-state index in [2.05, 4.69) is 0 Å². The van der Waals surface area contributed by atoms with Crippen LogP contribution in [0.4, 0.5) is 15.3 Å². The van der Waals surface area contributed by atoms with Crippen LogP contribution >= 0.6 is 0 Å². The van der Waals surface area contributed by atoms with Crippen LogP contribution in [0.5, 0.6) is 0 Å². The molecule has 9 heteroatoms. The number of carbonyl (C=O) groups is 4. The number of nitrogens with zero attached hydrogens (tertiary/aromatic N) is 2. The molecule has 2 aliphatic rings. The summed E-state index contributed by atoms with van der Waals surface area (Å²) in [5.74, 6) is -1.56. The van der Waals surface area contributed by atoms with Gasteiger partial charge in [0.15, 0.2) is 11.6 Å². The molecule has 0 radical (unpaired) electrons. The summed E-state index contributed by atoms with van der Waals surface area (Å²) in [6.07, 6.45) is -1.77. The second kappa shape index (κ2) is 7.91. The first kappa shape index (κ1) is 22.3. The van der Waals surface area contributed by atoms with Crippen LogP contribution in [0.3, 0.4) is 0 Å². The molecular formula is C24H24N2O7. The predicted octanol–water partition coefficient (Wildman–Crippen LogP) is 3.36. The van der Waals surface area contributed by atoms with Gasteiger partial charge in [-0.3, -0.25) is 9.69 Å². The zero-order valence-corrected chi connectivity index (χ0v) is 18.7. The molecule has 9 nitrogen and oxygen atoms in total. The minimum absolute atomic E-state index is 0.0498. The van der Waals surface area contributed by atoms with Gasteiger partial charge in [0.2, 0.25) is 0 Å². The molecule has 4 rings (SSSR count). The number of rotatable bonds is 3. The number of methoxy groups -OCH3 is 1. The number of imide groups is 1. The zero-order chi connectivity index (χ0) is 24.0. The van der Waals surface area contributed by atoms with Crippen LogP contribution in [-0.4, -0.2) is 47.7 Å². The SMILES string of the molecule is COC(=O)[C@H]1N(C(=O)OCc2ccccc2)[C@]12C(=O)N(C(=O)OC(C)(C)C)c1ccccc12. The maximum absolute atomic E-state index is 13.7. The summed E-state index contributed by atoms with van der Waals surface area (Å²) in [6, 6.07) is 14.2. The topological polar surface area (TPSA) is 102 Å². The molecule has 0 aromatic heterocycles. The summed E-state index contributed by atoms with van der Waals surface area (Å²) in [5, 5.41) is 0. The predicted molar refractivity (Wildman–Crippen MR) is 116 cm³/mol. The summed E-state index contributed by atoms with van der Waals surface area (Å²) in [4.78, 5) is 54.1. The average Bonchev–Trinajstić information content (AvgIpc) is 3.41. The van der Waals surface area contributed by atoms with Gasteiger partial charge in [-0.15, -0.1) is 0 Å². The monoisotopic (exact) mass is 452 g/mol. The Morgan fingerprint density at radius 1 is 0.970 bits per heavy atom. The number of esters is 1. The van der Waals surface area contributed by atoms with Gasteiger partial charge in [-0.25, -0.2) is 19.3 Å². The lowest BCUT2D eigenvalue weighted by Gasteiger charge is -2.23. The molecule has 33 heavy (non-hydrogen) atoms. The lowest BCUT2D eigenvalue weighted by atomic mass is 9.96. The Labute approximate surface area is 190 Å². The van der Waals surface area contributed by atoms with E-state index in [9.17, 15) is 19.2 Å². The van der Waals surface area contributed by atoms with Crippen molar-refractivity contribution in [1.82, 2.24) is 4.90 Å². The summed E-state index contributed by atoms with van der Waals surface area (Å²) in [7, 11) is 1.17. The first-order chi connectivity index (χ1) is 15.6. The molecule has 0 aliphatic carbocycles. The van der Waals surface area contributed by atoms with Crippen molar-refractivity contribution in [3.05, 3.63) is 65.7 Å². The molecule has 3 amide bonds. The van der Waals surface area contributed by atoms with Crippen molar-refractivity contribution in [2.75, 3.05) is 12.0 Å². The minimum atomic E-state index is -1.74. The summed E-state index contributed by atoms with van der Waals surface area (Å²) in [5.41, 5.74) is -1.29. The van der Waals surface area contributed by atoms with Crippen LogP contribution in [0.2, 0.25) is 0 Å². The van der Waals surface area contributed by atoms with E-state index in [4.69, 9.17) is 14.2 Å². The number of anilines is 1. The molecule has 1 spiro atoms. The fraction of sp³-hybridized carbons (Fsp3) is 0.333. The number of benzene rings is 2. The largest absolute Gasteiger partial charge is 0.467 e. The van der Waals surface area contributed by atoms with Gasteiger partial charge in [-0.1, -0.05) is 48.5 Å². The van der Waals surface area contributed by atoms with Gasteiger partial charge in [0, 0.05) is 5.56 Å². The molecule has 2 aromatic rings. The maximum Gasteiger partial charge on any atom is 0.421 e. The minimum Gasteiger partial charge on any atom is -0.467 e. The standard InChI is InChI=1S/C24H24N2O7/c1-23(2,3)33-21(29)25-17-13-9-8-12-16(17)24(20(25)28)18(19(27)31-4)26(24)22(30)32-14-15-10-6-5-7-11-15/h5-13,18H,14H2,1-4H3/t18-,24+,26?/m1/s1. The van der Waals surface area contributed by atoms with Crippen LogP contribution < -0.4 is 4.90 Å². The van der Waals surface area contributed by atoms with Crippen LogP contribution in [0.25, 0.3) is 0 Å². The van der Waals surface area contributed by atoms with Crippen molar-refractivity contribution in [2.24, 2.45) is 0 Å². The lowest BCUT2D eigenvalue weighted by molar-refractivity contribution is -0.141. The fourth-order valence-electron chi connectivity index (χ4n) is 4.09. The van der Waals surface area contributed by atoms with E-state index in [1.54, 1.807) is 69.3 Å². The first-order valence-corrected chi connectivity index (χ1v) is 10.4. The molecule has 2 aromatic carbocycles. The molecule has 0 bridgehead atoms. The van der Waals surface area contributed by atoms with Crippen LogP contribution in [0.15, 0.2) is 54.6 Å². The molecule has 0 unspecified atom stereocenters. The highest BCUT2D eigenvalue weighted by atomic mass is 16.6. The Morgan fingerprint density at radius 3 is 2.24 bits per heavy atom. The van der Waals surface area contributed by atoms with E-state index in [-0.39, 0.29) is 12.3 Å². The fourth-order valence-corrected chi connectivity index (χ4v) is 4.09.